The summed E-state index contributed by atoms with van der Waals surface area (Å²) in [6, 6.07) is 1.49. The summed E-state index contributed by atoms with van der Waals surface area (Å²) in [5, 5.41) is 10.6. The maximum Gasteiger partial charge on any atom is 0.250 e. The monoisotopic (exact) mass is 349 g/mol. The highest BCUT2D eigenvalue weighted by Crippen LogP contribution is 2.31. The van der Waals surface area contributed by atoms with Crippen molar-refractivity contribution < 1.29 is 14.6 Å². The predicted octanol–water partition coefficient (Wildman–Crippen LogP) is 1.02. The summed E-state index contributed by atoms with van der Waals surface area (Å²) in [7, 11) is 0. The number of hydrogen-bond acceptors (Lipinski definition) is 5. The average Bonchev–Trinajstić information content (AvgIpc) is 2.60. The lowest BCUT2D eigenvalue weighted by atomic mass is 9.82. The molecule has 0 spiro atoms. The molecule has 1 aromatic rings. The van der Waals surface area contributed by atoms with Crippen molar-refractivity contribution in [3.05, 3.63) is 28.4 Å². The van der Waals surface area contributed by atoms with Gasteiger partial charge in [0.25, 0.3) is 5.56 Å². The van der Waals surface area contributed by atoms with Crippen molar-refractivity contribution in [3.63, 3.8) is 0 Å². The fourth-order valence-corrected chi connectivity index (χ4v) is 3.76. The van der Waals surface area contributed by atoms with Gasteiger partial charge < -0.3 is 19.7 Å². The molecule has 1 unspecified atom stereocenters. The Labute approximate surface area is 147 Å². The molecule has 138 valence electrons. The van der Waals surface area contributed by atoms with Crippen LogP contribution >= 0.6 is 0 Å². The number of aliphatic hydroxyl groups is 1. The van der Waals surface area contributed by atoms with E-state index in [0.29, 0.717) is 32.5 Å². The molecule has 25 heavy (non-hydrogen) atoms. The number of nitrogens with one attached hydrogen (secondary N) is 1. The molecule has 0 aromatic carbocycles. The maximum absolute atomic E-state index is 12.6. The summed E-state index contributed by atoms with van der Waals surface area (Å²) in [5.41, 5.74) is -0.252. The van der Waals surface area contributed by atoms with Crippen molar-refractivity contribution in [2.24, 2.45) is 0 Å². The van der Waals surface area contributed by atoms with Crippen LogP contribution in [0.5, 0.6) is 0 Å². The number of aromatic amines is 1. The molecule has 1 aliphatic heterocycles. The van der Waals surface area contributed by atoms with Crippen LogP contribution in [0.3, 0.4) is 0 Å². The SMILES string of the molecule is O=C(CC1(O)CCCCC1)N1CCOC(CCc2cc(=O)[nH]cn2)C1. The predicted molar refractivity (Wildman–Crippen MR) is 92.2 cm³/mol. The first kappa shape index (κ1) is 18.1. The Morgan fingerprint density at radius 3 is 2.96 bits per heavy atom. The summed E-state index contributed by atoms with van der Waals surface area (Å²) in [4.78, 5) is 32.3. The molecule has 1 saturated carbocycles. The third-order valence-corrected chi connectivity index (χ3v) is 5.21. The second-order valence-corrected chi connectivity index (χ2v) is 7.24. The average molecular weight is 349 g/mol. The van der Waals surface area contributed by atoms with E-state index in [0.717, 1.165) is 37.8 Å². The number of carbonyl (C=O) groups is 1. The van der Waals surface area contributed by atoms with E-state index in [4.69, 9.17) is 4.74 Å². The van der Waals surface area contributed by atoms with Crippen LogP contribution in [-0.4, -0.2) is 57.3 Å². The Kier molecular flexibility index (Phi) is 5.86. The topological polar surface area (TPSA) is 95.5 Å². The molecule has 2 N–H and O–H groups in total. The van der Waals surface area contributed by atoms with E-state index in [2.05, 4.69) is 9.97 Å². The zero-order valence-electron chi connectivity index (χ0n) is 14.6. The Morgan fingerprint density at radius 1 is 1.40 bits per heavy atom. The lowest BCUT2D eigenvalue weighted by molar-refractivity contribution is -0.145. The molecule has 0 radical (unpaired) electrons. The highest BCUT2D eigenvalue weighted by atomic mass is 16.5. The molecule has 1 saturated heterocycles. The zero-order valence-corrected chi connectivity index (χ0v) is 14.6. The summed E-state index contributed by atoms with van der Waals surface area (Å²) >= 11 is 0. The van der Waals surface area contributed by atoms with Crippen molar-refractivity contribution in [2.45, 2.75) is 63.1 Å². The maximum atomic E-state index is 12.6. The standard InChI is InChI=1S/C18H27N3O4/c22-16-10-14(19-13-20-16)4-5-15-12-21(8-9-25-15)17(23)11-18(24)6-2-1-3-7-18/h10,13,15,24H,1-9,11-12H2,(H,19,20,22). The van der Waals surface area contributed by atoms with Crippen molar-refractivity contribution in [3.8, 4) is 0 Å². The number of aryl methyl sites for hydroxylation is 1. The highest BCUT2D eigenvalue weighted by molar-refractivity contribution is 5.77. The minimum Gasteiger partial charge on any atom is -0.389 e. The van der Waals surface area contributed by atoms with E-state index in [9.17, 15) is 14.7 Å². The minimum atomic E-state index is -0.821. The number of nitrogens with zero attached hydrogens (tertiary/aromatic N) is 2. The molecule has 3 rings (SSSR count). The van der Waals surface area contributed by atoms with Gasteiger partial charge in [-0.25, -0.2) is 4.98 Å². The summed E-state index contributed by atoms with van der Waals surface area (Å²) in [5.74, 6) is 0.0204. The van der Waals surface area contributed by atoms with Crippen molar-refractivity contribution >= 4 is 5.91 Å². The van der Waals surface area contributed by atoms with Gasteiger partial charge in [0.15, 0.2) is 0 Å². The van der Waals surface area contributed by atoms with Gasteiger partial charge in [0.05, 0.1) is 31.1 Å². The molecule has 1 atom stereocenters. The number of morpholine rings is 1. The number of H-pyrrole nitrogens is 1. The first-order chi connectivity index (χ1) is 12.0. The molecule has 1 aromatic heterocycles. The first-order valence-corrected chi connectivity index (χ1v) is 9.19. The molecular formula is C18H27N3O4. The lowest BCUT2D eigenvalue weighted by Crippen LogP contribution is -2.48. The van der Waals surface area contributed by atoms with Gasteiger partial charge in [0.2, 0.25) is 5.91 Å². The van der Waals surface area contributed by atoms with Gasteiger partial charge >= 0.3 is 0 Å². The molecular weight excluding hydrogens is 322 g/mol. The fraction of sp³-hybridized carbons (Fsp3) is 0.722. The van der Waals surface area contributed by atoms with Gasteiger partial charge in [0, 0.05) is 24.8 Å². The smallest absolute Gasteiger partial charge is 0.250 e. The van der Waals surface area contributed by atoms with E-state index in [1.165, 1.54) is 12.4 Å². The number of rotatable bonds is 5. The normalized spacial score (nSPS) is 23.4. The van der Waals surface area contributed by atoms with Crippen molar-refractivity contribution in [2.75, 3.05) is 19.7 Å². The lowest BCUT2D eigenvalue weighted by Gasteiger charge is -2.37. The zero-order chi connectivity index (χ0) is 17.7. The van der Waals surface area contributed by atoms with Crippen LogP contribution in [0.2, 0.25) is 0 Å². The molecule has 7 nitrogen and oxygen atoms in total. The Morgan fingerprint density at radius 2 is 2.20 bits per heavy atom. The van der Waals surface area contributed by atoms with Crippen molar-refractivity contribution in [1.82, 2.24) is 14.9 Å². The number of amides is 1. The van der Waals surface area contributed by atoms with Gasteiger partial charge in [-0.1, -0.05) is 19.3 Å². The molecule has 0 bridgehead atoms. The van der Waals surface area contributed by atoms with Gasteiger partial charge in [-0.3, -0.25) is 9.59 Å². The van der Waals surface area contributed by atoms with E-state index < -0.39 is 5.60 Å². The molecule has 1 aliphatic carbocycles. The molecule has 2 aliphatic rings. The number of aromatic nitrogens is 2. The second kappa shape index (κ2) is 8.10. The van der Waals surface area contributed by atoms with Gasteiger partial charge in [-0.15, -0.1) is 0 Å². The van der Waals surface area contributed by atoms with Gasteiger partial charge in [-0.05, 0) is 25.7 Å². The minimum absolute atomic E-state index is 0.0204. The number of carbonyl (C=O) groups excluding carboxylic acids is 1. The number of ether oxygens (including phenoxy) is 1. The van der Waals surface area contributed by atoms with Gasteiger partial charge in [0.1, 0.15) is 0 Å². The van der Waals surface area contributed by atoms with Crippen LogP contribution in [0.25, 0.3) is 0 Å². The largest absolute Gasteiger partial charge is 0.389 e. The van der Waals surface area contributed by atoms with Crippen LogP contribution in [0.4, 0.5) is 0 Å². The Hall–Kier alpha value is -1.73. The Bertz CT molecular complexity index is 639. The highest BCUT2D eigenvalue weighted by Gasteiger charge is 2.34. The third kappa shape index (κ3) is 5.12. The summed E-state index contributed by atoms with van der Waals surface area (Å²) < 4.78 is 5.76. The van der Waals surface area contributed by atoms with Crippen molar-refractivity contribution in [1.29, 1.82) is 0 Å². The van der Waals surface area contributed by atoms with E-state index in [1.54, 1.807) is 0 Å². The number of hydrogen-bond donors (Lipinski definition) is 2. The fourth-order valence-electron chi connectivity index (χ4n) is 3.76. The quantitative estimate of drug-likeness (QED) is 0.827. The second-order valence-electron chi connectivity index (χ2n) is 7.24. The van der Waals surface area contributed by atoms with Crippen LogP contribution in [0.15, 0.2) is 17.2 Å². The van der Waals surface area contributed by atoms with Gasteiger partial charge in [-0.2, -0.15) is 0 Å². The first-order valence-electron chi connectivity index (χ1n) is 9.19. The Balaban J connectivity index is 1.50. The van der Waals surface area contributed by atoms with Crippen LogP contribution < -0.4 is 5.56 Å². The van der Waals surface area contributed by atoms with Crippen LogP contribution in [-0.2, 0) is 16.0 Å². The van der Waals surface area contributed by atoms with Crippen LogP contribution in [0.1, 0.15) is 50.6 Å². The van der Waals surface area contributed by atoms with Crippen LogP contribution in [0, 0.1) is 0 Å². The van der Waals surface area contributed by atoms with E-state index in [-0.39, 0.29) is 24.0 Å². The van der Waals surface area contributed by atoms with E-state index in [1.807, 2.05) is 4.90 Å². The molecule has 2 fully saturated rings. The van der Waals surface area contributed by atoms with E-state index >= 15 is 0 Å². The molecule has 1 amide bonds. The molecule has 7 heteroatoms. The summed E-state index contributed by atoms with van der Waals surface area (Å²) in [6.45, 7) is 1.63. The third-order valence-electron chi connectivity index (χ3n) is 5.21. The summed E-state index contributed by atoms with van der Waals surface area (Å²) in [6.07, 6.45) is 7.51. The molecule has 2 heterocycles.